The van der Waals surface area contributed by atoms with Crippen molar-refractivity contribution in [2.45, 2.75) is 13.0 Å². The summed E-state index contributed by atoms with van der Waals surface area (Å²) in [4.78, 5) is 16.8. The van der Waals surface area contributed by atoms with Crippen molar-refractivity contribution < 1.29 is 18.3 Å². The predicted molar refractivity (Wildman–Crippen MR) is 103 cm³/mol. The van der Waals surface area contributed by atoms with E-state index in [2.05, 4.69) is 10.2 Å². The number of halogens is 2. The molecule has 0 aliphatic carbocycles. The molecule has 1 aliphatic heterocycles. The first-order chi connectivity index (χ1) is 13.5. The number of carbonyl (C=O) groups is 1. The van der Waals surface area contributed by atoms with Crippen LogP contribution in [-0.2, 0) is 18.3 Å². The predicted octanol–water partition coefficient (Wildman–Crippen LogP) is 3.06. The van der Waals surface area contributed by atoms with Gasteiger partial charge in [0.1, 0.15) is 0 Å². The number of aromatic nitrogens is 1. The second kappa shape index (κ2) is 9.66. The van der Waals surface area contributed by atoms with Gasteiger partial charge in [-0.2, -0.15) is 0 Å². The molecular weight excluding hydrogens is 366 g/mol. The van der Waals surface area contributed by atoms with E-state index in [4.69, 9.17) is 4.74 Å². The molecule has 1 aliphatic rings. The first kappa shape index (κ1) is 20.3. The van der Waals surface area contributed by atoms with Crippen molar-refractivity contribution in [1.82, 2.24) is 14.4 Å². The van der Waals surface area contributed by atoms with Gasteiger partial charge in [0.2, 0.25) is 0 Å². The van der Waals surface area contributed by atoms with E-state index < -0.39 is 11.6 Å². The SMILES string of the molecule is Cn1cccc1CN(CCCN1CCOCC1)C(=O)Nc1ccc(F)c(F)c1. The molecule has 1 fully saturated rings. The molecule has 2 amide bonds. The molecule has 8 heteroatoms. The molecule has 1 aromatic heterocycles. The fraction of sp³-hybridized carbons (Fsp3) is 0.450. The Bertz CT molecular complexity index is 790. The maximum atomic E-state index is 13.4. The number of morpholine rings is 1. The van der Waals surface area contributed by atoms with Gasteiger partial charge in [-0.1, -0.05) is 0 Å². The van der Waals surface area contributed by atoms with E-state index in [1.165, 1.54) is 6.07 Å². The number of aryl methyl sites for hydroxylation is 1. The molecule has 152 valence electrons. The Kier molecular flexibility index (Phi) is 7.00. The lowest BCUT2D eigenvalue weighted by Crippen LogP contribution is -2.40. The van der Waals surface area contributed by atoms with Gasteiger partial charge in [-0.05, 0) is 30.7 Å². The van der Waals surface area contributed by atoms with Crippen LogP contribution in [0.5, 0.6) is 0 Å². The molecule has 2 heterocycles. The summed E-state index contributed by atoms with van der Waals surface area (Å²) in [6.07, 6.45) is 2.74. The zero-order valence-corrected chi connectivity index (χ0v) is 16.0. The first-order valence-corrected chi connectivity index (χ1v) is 9.44. The van der Waals surface area contributed by atoms with E-state index in [0.717, 1.165) is 57.1 Å². The fourth-order valence-electron chi connectivity index (χ4n) is 3.20. The maximum Gasteiger partial charge on any atom is 0.322 e. The van der Waals surface area contributed by atoms with Gasteiger partial charge in [0.05, 0.1) is 19.8 Å². The molecule has 0 bridgehead atoms. The lowest BCUT2D eigenvalue weighted by molar-refractivity contribution is 0.0365. The summed E-state index contributed by atoms with van der Waals surface area (Å²) in [6, 6.07) is 6.89. The molecule has 0 radical (unpaired) electrons. The van der Waals surface area contributed by atoms with Crippen molar-refractivity contribution in [3.05, 3.63) is 53.9 Å². The van der Waals surface area contributed by atoms with Gasteiger partial charge in [0.25, 0.3) is 0 Å². The molecule has 1 saturated heterocycles. The number of carbonyl (C=O) groups excluding carboxylic acids is 1. The Hall–Kier alpha value is -2.45. The van der Waals surface area contributed by atoms with Crippen LogP contribution in [0.15, 0.2) is 36.5 Å². The lowest BCUT2D eigenvalue weighted by Gasteiger charge is -2.28. The average molecular weight is 392 g/mol. The highest BCUT2D eigenvalue weighted by atomic mass is 19.2. The van der Waals surface area contributed by atoms with Crippen LogP contribution in [0.4, 0.5) is 19.3 Å². The Balaban J connectivity index is 1.62. The van der Waals surface area contributed by atoms with Crippen LogP contribution < -0.4 is 5.32 Å². The number of amides is 2. The zero-order chi connectivity index (χ0) is 19.9. The highest BCUT2D eigenvalue weighted by Crippen LogP contribution is 2.15. The monoisotopic (exact) mass is 392 g/mol. The third-order valence-electron chi connectivity index (χ3n) is 4.87. The summed E-state index contributed by atoms with van der Waals surface area (Å²) in [5.41, 5.74) is 1.22. The Labute approximate surface area is 163 Å². The normalized spacial score (nSPS) is 14.8. The minimum Gasteiger partial charge on any atom is -0.379 e. The molecule has 0 spiro atoms. The molecule has 1 N–H and O–H groups in total. The highest BCUT2D eigenvalue weighted by molar-refractivity contribution is 5.89. The molecule has 0 unspecified atom stereocenters. The third kappa shape index (κ3) is 5.53. The summed E-state index contributed by atoms with van der Waals surface area (Å²) >= 11 is 0. The van der Waals surface area contributed by atoms with E-state index in [9.17, 15) is 13.6 Å². The summed E-state index contributed by atoms with van der Waals surface area (Å²) in [6.45, 7) is 5.15. The molecule has 2 aromatic rings. The number of nitrogens with zero attached hydrogens (tertiary/aromatic N) is 3. The van der Waals surface area contributed by atoms with Gasteiger partial charge < -0.3 is 19.5 Å². The first-order valence-electron chi connectivity index (χ1n) is 9.44. The van der Waals surface area contributed by atoms with Crippen LogP contribution in [-0.4, -0.2) is 59.8 Å². The van der Waals surface area contributed by atoms with Gasteiger partial charge >= 0.3 is 6.03 Å². The van der Waals surface area contributed by atoms with Crippen molar-refractivity contribution >= 4 is 11.7 Å². The maximum absolute atomic E-state index is 13.4. The van der Waals surface area contributed by atoms with Crippen LogP contribution >= 0.6 is 0 Å². The van der Waals surface area contributed by atoms with E-state index in [1.54, 1.807) is 4.90 Å². The zero-order valence-electron chi connectivity index (χ0n) is 16.0. The van der Waals surface area contributed by atoms with Crippen molar-refractivity contribution in [2.75, 3.05) is 44.7 Å². The van der Waals surface area contributed by atoms with Gasteiger partial charge in [0.15, 0.2) is 11.6 Å². The average Bonchev–Trinajstić information content (AvgIpc) is 3.09. The number of hydrogen-bond acceptors (Lipinski definition) is 3. The second-order valence-corrected chi connectivity index (χ2v) is 6.90. The van der Waals surface area contributed by atoms with Crippen molar-refractivity contribution in [2.24, 2.45) is 7.05 Å². The minimum absolute atomic E-state index is 0.231. The quantitative estimate of drug-likeness (QED) is 0.788. The number of ether oxygens (including phenoxy) is 1. The molecular formula is C20H26F2N4O2. The fourth-order valence-corrected chi connectivity index (χ4v) is 3.20. The smallest absolute Gasteiger partial charge is 0.322 e. The number of hydrogen-bond donors (Lipinski definition) is 1. The van der Waals surface area contributed by atoms with Crippen molar-refractivity contribution in [3.63, 3.8) is 0 Å². The number of urea groups is 1. The lowest BCUT2D eigenvalue weighted by atomic mass is 10.3. The molecule has 6 nitrogen and oxygen atoms in total. The molecule has 1 aromatic carbocycles. The van der Waals surface area contributed by atoms with E-state index >= 15 is 0 Å². The number of rotatable bonds is 7. The second-order valence-electron chi connectivity index (χ2n) is 6.90. The molecule has 0 atom stereocenters. The third-order valence-corrected chi connectivity index (χ3v) is 4.87. The molecule has 28 heavy (non-hydrogen) atoms. The summed E-state index contributed by atoms with van der Waals surface area (Å²) in [5, 5.41) is 2.67. The van der Waals surface area contributed by atoms with Crippen LogP contribution in [0.1, 0.15) is 12.1 Å². The van der Waals surface area contributed by atoms with Crippen LogP contribution in [0, 0.1) is 11.6 Å². The number of nitrogens with one attached hydrogen (secondary N) is 1. The molecule has 3 rings (SSSR count). The largest absolute Gasteiger partial charge is 0.379 e. The number of benzene rings is 1. The standard InChI is InChI=1S/C20H26F2N4O2/c1-24-7-2-4-17(24)15-26(9-3-8-25-10-12-28-13-11-25)20(27)23-16-5-6-18(21)19(22)14-16/h2,4-7,14H,3,8-13,15H2,1H3,(H,23,27). The van der Waals surface area contributed by atoms with Crippen LogP contribution in [0.25, 0.3) is 0 Å². The topological polar surface area (TPSA) is 49.7 Å². The summed E-state index contributed by atoms with van der Waals surface area (Å²) < 4.78 is 33.9. The van der Waals surface area contributed by atoms with Crippen LogP contribution in [0.3, 0.4) is 0 Å². The van der Waals surface area contributed by atoms with E-state index in [1.807, 2.05) is 29.9 Å². The van der Waals surface area contributed by atoms with Crippen molar-refractivity contribution in [3.8, 4) is 0 Å². The van der Waals surface area contributed by atoms with Gasteiger partial charge in [0, 0.05) is 56.9 Å². The Morgan fingerprint density at radius 1 is 1.21 bits per heavy atom. The number of anilines is 1. The van der Waals surface area contributed by atoms with Gasteiger partial charge in [-0.15, -0.1) is 0 Å². The minimum atomic E-state index is -0.987. The Morgan fingerprint density at radius 3 is 2.68 bits per heavy atom. The summed E-state index contributed by atoms with van der Waals surface area (Å²) in [7, 11) is 1.93. The van der Waals surface area contributed by atoms with Crippen molar-refractivity contribution in [1.29, 1.82) is 0 Å². The Morgan fingerprint density at radius 2 is 2.00 bits per heavy atom. The van der Waals surface area contributed by atoms with Gasteiger partial charge in [-0.3, -0.25) is 4.90 Å². The van der Waals surface area contributed by atoms with Gasteiger partial charge in [-0.25, -0.2) is 13.6 Å². The molecule has 0 saturated carbocycles. The van der Waals surface area contributed by atoms with E-state index in [0.29, 0.717) is 13.1 Å². The summed E-state index contributed by atoms with van der Waals surface area (Å²) in [5.74, 6) is -1.93. The highest BCUT2D eigenvalue weighted by Gasteiger charge is 2.17. The van der Waals surface area contributed by atoms with Crippen LogP contribution in [0.2, 0.25) is 0 Å². The van der Waals surface area contributed by atoms with E-state index in [-0.39, 0.29) is 11.7 Å².